The van der Waals surface area contributed by atoms with Crippen molar-refractivity contribution in [2.45, 2.75) is 31.8 Å². The molecule has 0 aliphatic rings. The van der Waals surface area contributed by atoms with Crippen molar-refractivity contribution < 1.29 is 14.4 Å². The van der Waals surface area contributed by atoms with Crippen LogP contribution in [-0.4, -0.2) is 26.5 Å². The number of hydrogen-bond acceptors (Lipinski definition) is 5. The lowest BCUT2D eigenvalue weighted by molar-refractivity contribution is -0.137. The number of hydrogen-bond donors (Lipinski definition) is 1. The lowest BCUT2D eigenvalue weighted by atomic mass is 10.1. The van der Waals surface area contributed by atoms with Gasteiger partial charge in [0.25, 0.3) is 0 Å². The molecule has 1 atom stereocenters. The van der Waals surface area contributed by atoms with Gasteiger partial charge in [-0.3, -0.25) is 4.79 Å². The smallest absolute Gasteiger partial charge is 0.316 e. The molecule has 112 valence electrons. The van der Waals surface area contributed by atoms with Crippen LogP contribution in [0.15, 0.2) is 28.8 Å². The maximum absolute atomic E-state index is 11.1. The molecule has 0 bridgehead atoms. The Kier molecular flexibility index (Phi) is 5.01. The Hall–Kier alpha value is -1.82. The van der Waals surface area contributed by atoms with Crippen molar-refractivity contribution in [3.05, 3.63) is 35.7 Å². The predicted molar refractivity (Wildman–Crippen MR) is 82.0 cm³/mol. The van der Waals surface area contributed by atoms with E-state index in [0.29, 0.717) is 17.5 Å². The van der Waals surface area contributed by atoms with Crippen LogP contribution in [0.2, 0.25) is 0 Å². The summed E-state index contributed by atoms with van der Waals surface area (Å²) in [5, 5.41) is 12.6. The summed E-state index contributed by atoms with van der Waals surface area (Å²) in [6.07, 6.45) is 0. The average molecular weight is 306 g/mol. The van der Waals surface area contributed by atoms with Crippen LogP contribution in [0.5, 0.6) is 0 Å². The number of carboxylic acid groups (broad SMARTS) is 1. The average Bonchev–Trinajstić information content (AvgIpc) is 2.87. The van der Waals surface area contributed by atoms with E-state index >= 15 is 0 Å². The van der Waals surface area contributed by atoms with Crippen LogP contribution < -0.4 is 0 Å². The van der Waals surface area contributed by atoms with E-state index in [9.17, 15) is 4.79 Å². The van der Waals surface area contributed by atoms with E-state index in [0.717, 1.165) is 11.1 Å². The molecule has 0 saturated heterocycles. The van der Waals surface area contributed by atoms with Crippen molar-refractivity contribution in [2.24, 2.45) is 5.92 Å². The number of benzene rings is 1. The van der Waals surface area contributed by atoms with E-state index in [2.05, 4.69) is 10.1 Å². The highest BCUT2D eigenvalue weighted by Crippen LogP contribution is 2.25. The normalized spacial score (nSPS) is 12.6. The molecule has 2 rings (SSSR count). The van der Waals surface area contributed by atoms with Crippen LogP contribution in [0.3, 0.4) is 0 Å². The summed E-state index contributed by atoms with van der Waals surface area (Å²) in [4.78, 5) is 15.5. The number of carboxylic acids is 1. The molecule has 1 aromatic carbocycles. The Morgan fingerprint density at radius 3 is 2.71 bits per heavy atom. The van der Waals surface area contributed by atoms with E-state index in [1.54, 1.807) is 0 Å². The summed E-state index contributed by atoms with van der Waals surface area (Å²) < 4.78 is 5.21. The molecule has 1 unspecified atom stereocenters. The second kappa shape index (κ2) is 6.76. The maximum atomic E-state index is 11.1. The molecule has 2 aromatic rings. The summed E-state index contributed by atoms with van der Waals surface area (Å²) >= 11 is 1.31. The van der Waals surface area contributed by atoms with Crippen molar-refractivity contribution in [1.82, 2.24) is 10.1 Å². The number of nitrogens with zero attached hydrogens (tertiary/aromatic N) is 2. The second-order valence-corrected chi connectivity index (χ2v) is 6.27. The first kappa shape index (κ1) is 15.6. The molecule has 1 heterocycles. The van der Waals surface area contributed by atoms with E-state index in [4.69, 9.17) is 9.63 Å². The monoisotopic (exact) mass is 306 g/mol. The van der Waals surface area contributed by atoms with Crippen molar-refractivity contribution in [3.63, 3.8) is 0 Å². The molecule has 1 aromatic heterocycles. The predicted octanol–water partition coefficient (Wildman–Crippen LogP) is 3.39. The lowest BCUT2D eigenvalue weighted by Gasteiger charge is -2.13. The molecule has 21 heavy (non-hydrogen) atoms. The Balaban J connectivity index is 2.07. The molecule has 0 spiro atoms. The van der Waals surface area contributed by atoms with Crippen LogP contribution in [0.1, 0.15) is 25.3 Å². The van der Waals surface area contributed by atoms with Crippen LogP contribution in [0.25, 0.3) is 11.4 Å². The Labute approximate surface area is 127 Å². The third-order valence-electron chi connectivity index (χ3n) is 3.09. The van der Waals surface area contributed by atoms with Crippen molar-refractivity contribution in [1.29, 1.82) is 0 Å². The summed E-state index contributed by atoms with van der Waals surface area (Å²) in [5.41, 5.74) is 2.00. The molecule has 0 aliphatic carbocycles. The Bertz CT molecular complexity index is 625. The minimum atomic E-state index is -0.811. The molecule has 1 N–H and O–H groups in total. The molecular formula is C15H18N2O3S. The van der Waals surface area contributed by atoms with Crippen molar-refractivity contribution >= 4 is 17.7 Å². The molecular weight excluding hydrogens is 288 g/mol. The van der Waals surface area contributed by atoms with Gasteiger partial charge in [-0.1, -0.05) is 43.3 Å². The number of thioether (sulfide) groups is 1. The van der Waals surface area contributed by atoms with Crippen molar-refractivity contribution in [3.8, 4) is 11.4 Å². The van der Waals surface area contributed by atoms with E-state index < -0.39 is 11.2 Å². The second-order valence-electron chi connectivity index (χ2n) is 5.14. The van der Waals surface area contributed by atoms with Gasteiger partial charge in [-0.2, -0.15) is 4.98 Å². The highest BCUT2D eigenvalue weighted by atomic mass is 32.2. The van der Waals surface area contributed by atoms with E-state index in [1.165, 1.54) is 11.8 Å². The first-order valence-electron chi connectivity index (χ1n) is 6.72. The quantitative estimate of drug-likeness (QED) is 0.881. The van der Waals surface area contributed by atoms with Gasteiger partial charge in [0.15, 0.2) is 0 Å². The highest BCUT2D eigenvalue weighted by Gasteiger charge is 2.23. The third-order valence-corrected chi connectivity index (χ3v) is 4.61. The lowest BCUT2D eigenvalue weighted by Crippen LogP contribution is -2.22. The van der Waals surface area contributed by atoms with Gasteiger partial charge in [0.2, 0.25) is 11.7 Å². The zero-order valence-corrected chi connectivity index (χ0v) is 13.1. The summed E-state index contributed by atoms with van der Waals surface area (Å²) in [5.74, 6) is 0.624. The number of carbonyl (C=O) groups is 1. The van der Waals surface area contributed by atoms with Crippen LogP contribution >= 0.6 is 11.8 Å². The van der Waals surface area contributed by atoms with E-state index in [1.807, 2.05) is 45.0 Å². The molecule has 6 heteroatoms. The van der Waals surface area contributed by atoms with Gasteiger partial charge in [0.1, 0.15) is 5.25 Å². The van der Waals surface area contributed by atoms with Gasteiger partial charge in [0, 0.05) is 5.56 Å². The summed E-state index contributed by atoms with van der Waals surface area (Å²) in [7, 11) is 0. The van der Waals surface area contributed by atoms with E-state index in [-0.39, 0.29) is 5.92 Å². The van der Waals surface area contributed by atoms with Gasteiger partial charge in [-0.05, 0) is 18.4 Å². The van der Waals surface area contributed by atoms with Crippen LogP contribution in [0, 0.1) is 12.8 Å². The first-order valence-corrected chi connectivity index (χ1v) is 7.77. The molecule has 0 saturated carbocycles. The topological polar surface area (TPSA) is 76.2 Å². The van der Waals surface area contributed by atoms with Gasteiger partial charge < -0.3 is 9.63 Å². The number of rotatable bonds is 6. The molecule has 0 aliphatic heterocycles. The number of aryl methyl sites for hydroxylation is 1. The Morgan fingerprint density at radius 2 is 2.10 bits per heavy atom. The zero-order valence-electron chi connectivity index (χ0n) is 12.2. The number of aromatic nitrogens is 2. The largest absolute Gasteiger partial charge is 0.480 e. The zero-order chi connectivity index (χ0) is 15.4. The molecule has 0 amide bonds. The number of aliphatic carboxylic acids is 1. The van der Waals surface area contributed by atoms with Crippen molar-refractivity contribution in [2.75, 3.05) is 0 Å². The summed E-state index contributed by atoms with van der Waals surface area (Å²) in [6.45, 7) is 5.76. The van der Waals surface area contributed by atoms with Gasteiger partial charge >= 0.3 is 5.97 Å². The minimum Gasteiger partial charge on any atom is -0.480 e. The maximum Gasteiger partial charge on any atom is 0.316 e. The fraction of sp³-hybridized carbons (Fsp3) is 0.400. The SMILES string of the molecule is Cc1ccccc1-c1noc(CSC(C(=O)O)C(C)C)n1. The molecule has 0 radical (unpaired) electrons. The van der Waals surface area contributed by atoms with Crippen LogP contribution in [0.4, 0.5) is 0 Å². The fourth-order valence-electron chi connectivity index (χ4n) is 1.96. The van der Waals surface area contributed by atoms with Gasteiger partial charge in [-0.25, -0.2) is 0 Å². The molecule has 5 nitrogen and oxygen atoms in total. The first-order chi connectivity index (χ1) is 9.99. The summed E-state index contributed by atoms with van der Waals surface area (Å²) in [6, 6.07) is 7.80. The van der Waals surface area contributed by atoms with Crippen LogP contribution in [-0.2, 0) is 10.5 Å². The van der Waals surface area contributed by atoms with Gasteiger partial charge in [-0.15, -0.1) is 11.8 Å². The fourth-order valence-corrected chi connectivity index (χ4v) is 2.92. The Morgan fingerprint density at radius 1 is 1.38 bits per heavy atom. The third kappa shape index (κ3) is 3.85. The molecule has 0 fully saturated rings. The standard InChI is InChI=1S/C15H18N2O3S/c1-9(2)13(15(18)19)21-8-12-16-14(17-20-12)11-7-5-4-6-10(11)3/h4-7,9,13H,8H2,1-3H3,(H,18,19). The minimum absolute atomic E-state index is 0.0475. The van der Waals surface area contributed by atoms with Gasteiger partial charge in [0.05, 0.1) is 5.75 Å². The highest BCUT2D eigenvalue weighted by molar-refractivity contribution is 7.99.